The van der Waals surface area contributed by atoms with Crippen LogP contribution in [0.5, 0.6) is 5.75 Å². The molecule has 148 valence electrons. The minimum Gasteiger partial charge on any atom is -0.494 e. The van der Waals surface area contributed by atoms with Crippen molar-refractivity contribution in [3.05, 3.63) is 59.8 Å². The molecule has 1 aromatic heterocycles. The summed E-state index contributed by atoms with van der Waals surface area (Å²) < 4.78 is 32.9. The summed E-state index contributed by atoms with van der Waals surface area (Å²) in [4.78, 5) is 3.84. The van der Waals surface area contributed by atoms with Gasteiger partial charge in [0.1, 0.15) is 5.75 Å². The largest absolute Gasteiger partial charge is 0.494 e. The van der Waals surface area contributed by atoms with Crippen molar-refractivity contribution in [3.8, 4) is 5.75 Å². The first-order valence-corrected chi connectivity index (χ1v) is 11.2. The van der Waals surface area contributed by atoms with E-state index in [0.717, 1.165) is 18.4 Å². The summed E-state index contributed by atoms with van der Waals surface area (Å²) in [6.45, 7) is 5.63. The third-order valence-electron chi connectivity index (χ3n) is 5.46. The lowest BCUT2D eigenvalue weighted by Gasteiger charge is -2.30. The molecule has 2 aromatic carbocycles. The SMILES string of the molecule is CCOc1ccc(S(=O)(=O)N2CCC(c3cc4cc(C)ccc4[nH]3)CC2)cc1. The second kappa shape index (κ2) is 7.60. The molecule has 0 radical (unpaired) electrons. The zero-order chi connectivity index (χ0) is 19.7. The van der Waals surface area contributed by atoms with Crippen LogP contribution in [0.25, 0.3) is 10.9 Å². The lowest BCUT2D eigenvalue weighted by atomic mass is 9.95. The summed E-state index contributed by atoms with van der Waals surface area (Å²) >= 11 is 0. The van der Waals surface area contributed by atoms with Gasteiger partial charge >= 0.3 is 0 Å². The van der Waals surface area contributed by atoms with E-state index >= 15 is 0 Å². The number of fused-ring (bicyclic) bond motifs is 1. The fraction of sp³-hybridized carbons (Fsp3) is 0.364. The molecule has 5 nitrogen and oxygen atoms in total. The number of nitrogens with zero attached hydrogens (tertiary/aromatic N) is 1. The Hall–Kier alpha value is -2.31. The molecule has 0 unspecified atom stereocenters. The number of aryl methyl sites for hydroxylation is 1. The van der Waals surface area contributed by atoms with Crippen LogP contribution >= 0.6 is 0 Å². The number of ether oxygens (including phenoxy) is 1. The molecule has 0 spiro atoms. The number of rotatable bonds is 5. The Morgan fingerprint density at radius 1 is 1.07 bits per heavy atom. The molecule has 0 saturated carbocycles. The lowest BCUT2D eigenvalue weighted by molar-refractivity contribution is 0.317. The van der Waals surface area contributed by atoms with Gasteiger partial charge < -0.3 is 9.72 Å². The van der Waals surface area contributed by atoms with Gasteiger partial charge in [0.05, 0.1) is 11.5 Å². The van der Waals surface area contributed by atoms with Gasteiger partial charge in [-0.3, -0.25) is 0 Å². The number of aromatic amines is 1. The summed E-state index contributed by atoms with van der Waals surface area (Å²) in [6.07, 6.45) is 1.64. The van der Waals surface area contributed by atoms with Crippen LogP contribution in [0.3, 0.4) is 0 Å². The zero-order valence-corrected chi connectivity index (χ0v) is 17.1. The Morgan fingerprint density at radius 2 is 1.79 bits per heavy atom. The first-order valence-electron chi connectivity index (χ1n) is 9.79. The highest BCUT2D eigenvalue weighted by molar-refractivity contribution is 7.89. The number of aromatic nitrogens is 1. The third-order valence-corrected chi connectivity index (χ3v) is 7.38. The van der Waals surface area contributed by atoms with E-state index in [1.54, 1.807) is 28.6 Å². The minimum atomic E-state index is -3.46. The lowest BCUT2D eigenvalue weighted by Crippen LogP contribution is -2.37. The number of nitrogens with one attached hydrogen (secondary N) is 1. The van der Waals surface area contributed by atoms with E-state index < -0.39 is 10.0 Å². The van der Waals surface area contributed by atoms with Crippen molar-refractivity contribution in [2.45, 2.75) is 37.5 Å². The summed E-state index contributed by atoms with van der Waals surface area (Å²) in [7, 11) is -3.46. The van der Waals surface area contributed by atoms with Gasteiger partial charge in [0.25, 0.3) is 0 Å². The average Bonchev–Trinajstić information content (AvgIpc) is 3.12. The van der Waals surface area contributed by atoms with Gasteiger partial charge in [-0.25, -0.2) is 8.42 Å². The normalized spacial score (nSPS) is 16.5. The van der Waals surface area contributed by atoms with E-state index in [2.05, 4.69) is 36.2 Å². The maximum Gasteiger partial charge on any atom is 0.243 e. The molecule has 1 saturated heterocycles. The maximum atomic E-state index is 13.0. The monoisotopic (exact) mass is 398 g/mol. The molecule has 6 heteroatoms. The van der Waals surface area contributed by atoms with Crippen LogP contribution in [0, 0.1) is 6.92 Å². The van der Waals surface area contributed by atoms with Crippen molar-refractivity contribution in [1.29, 1.82) is 0 Å². The standard InChI is InChI=1S/C22H26N2O3S/c1-3-27-19-5-7-20(8-6-19)28(25,26)24-12-10-17(11-13-24)22-15-18-14-16(2)4-9-21(18)23-22/h4-9,14-15,17,23H,3,10-13H2,1-2H3. The number of H-pyrrole nitrogens is 1. The van der Waals surface area contributed by atoms with E-state index in [0.29, 0.717) is 36.3 Å². The summed E-state index contributed by atoms with van der Waals surface area (Å²) in [5, 5.41) is 1.22. The van der Waals surface area contributed by atoms with Crippen LogP contribution < -0.4 is 4.74 Å². The Balaban J connectivity index is 1.46. The Bertz CT molecular complexity index is 1060. The first-order chi connectivity index (χ1) is 13.5. The van der Waals surface area contributed by atoms with Crippen LogP contribution in [-0.4, -0.2) is 37.4 Å². The van der Waals surface area contributed by atoms with Crippen LogP contribution in [0.2, 0.25) is 0 Å². The number of sulfonamides is 1. The number of hydrogen-bond donors (Lipinski definition) is 1. The summed E-state index contributed by atoms with van der Waals surface area (Å²) in [6, 6.07) is 15.3. The smallest absolute Gasteiger partial charge is 0.243 e. The molecule has 0 atom stereocenters. The molecule has 3 aromatic rings. The second-order valence-electron chi connectivity index (χ2n) is 7.40. The average molecular weight is 399 g/mol. The molecule has 1 N–H and O–H groups in total. The van der Waals surface area contributed by atoms with Crippen LogP contribution in [0.15, 0.2) is 53.4 Å². The molecule has 0 aliphatic carbocycles. The predicted molar refractivity (Wildman–Crippen MR) is 111 cm³/mol. The van der Waals surface area contributed by atoms with Crippen LogP contribution in [0.1, 0.15) is 36.9 Å². The third kappa shape index (κ3) is 3.66. The molecular weight excluding hydrogens is 372 g/mol. The van der Waals surface area contributed by atoms with Gasteiger partial charge in [0.15, 0.2) is 0 Å². The number of piperidine rings is 1. The highest BCUT2D eigenvalue weighted by Crippen LogP contribution is 2.32. The van der Waals surface area contributed by atoms with Gasteiger partial charge in [0, 0.05) is 30.2 Å². The molecule has 0 bridgehead atoms. The van der Waals surface area contributed by atoms with E-state index in [9.17, 15) is 8.42 Å². The van der Waals surface area contributed by atoms with Gasteiger partial charge in [-0.05, 0) is 74.5 Å². The fourth-order valence-electron chi connectivity index (χ4n) is 3.93. The second-order valence-corrected chi connectivity index (χ2v) is 9.34. The van der Waals surface area contributed by atoms with E-state index in [1.165, 1.54) is 16.6 Å². The quantitative estimate of drug-likeness (QED) is 0.691. The Labute approximate surface area is 166 Å². The zero-order valence-electron chi connectivity index (χ0n) is 16.3. The summed E-state index contributed by atoms with van der Waals surface area (Å²) in [5.41, 5.74) is 3.60. The molecule has 1 fully saturated rings. The number of benzene rings is 2. The highest BCUT2D eigenvalue weighted by atomic mass is 32.2. The Morgan fingerprint density at radius 3 is 2.46 bits per heavy atom. The van der Waals surface area contributed by atoms with Gasteiger partial charge in [-0.15, -0.1) is 0 Å². The number of hydrogen-bond acceptors (Lipinski definition) is 3. The predicted octanol–water partition coefficient (Wildman–Crippen LogP) is 4.44. The molecule has 28 heavy (non-hydrogen) atoms. The highest BCUT2D eigenvalue weighted by Gasteiger charge is 2.30. The van der Waals surface area contributed by atoms with Crippen molar-refractivity contribution in [2.24, 2.45) is 0 Å². The molecule has 2 heterocycles. The molecule has 4 rings (SSSR count). The molecule has 1 aliphatic heterocycles. The van der Waals surface area contributed by atoms with Gasteiger partial charge in [-0.2, -0.15) is 4.31 Å². The van der Waals surface area contributed by atoms with Crippen molar-refractivity contribution in [2.75, 3.05) is 19.7 Å². The van der Waals surface area contributed by atoms with Crippen LogP contribution in [0.4, 0.5) is 0 Å². The van der Waals surface area contributed by atoms with Crippen LogP contribution in [-0.2, 0) is 10.0 Å². The molecule has 0 amide bonds. The van der Waals surface area contributed by atoms with Crippen molar-refractivity contribution in [1.82, 2.24) is 9.29 Å². The van der Waals surface area contributed by atoms with Gasteiger partial charge in [-0.1, -0.05) is 11.6 Å². The molecule has 1 aliphatic rings. The van der Waals surface area contributed by atoms with Crippen molar-refractivity contribution < 1.29 is 13.2 Å². The van der Waals surface area contributed by atoms with E-state index in [-0.39, 0.29) is 0 Å². The topological polar surface area (TPSA) is 62.4 Å². The van der Waals surface area contributed by atoms with Crippen molar-refractivity contribution >= 4 is 20.9 Å². The van der Waals surface area contributed by atoms with E-state index in [1.807, 2.05) is 6.92 Å². The Kier molecular flexibility index (Phi) is 5.17. The molecular formula is C22H26N2O3S. The first kappa shape index (κ1) is 19.0. The maximum absolute atomic E-state index is 13.0. The van der Waals surface area contributed by atoms with Gasteiger partial charge in [0.2, 0.25) is 10.0 Å². The van der Waals surface area contributed by atoms with E-state index in [4.69, 9.17) is 4.74 Å². The van der Waals surface area contributed by atoms with Crippen molar-refractivity contribution in [3.63, 3.8) is 0 Å². The summed E-state index contributed by atoms with van der Waals surface area (Å²) in [5.74, 6) is 1.05. The minimum absolute atomic E-state index is 0.329. The fourth-order valence-corrected chi connectivity index (χ4v) is 5.39.